The van der Waals surface area contributed by atoms with E-state index in [-0.39, 0.29) is 24.0 Å². The number of piperidine rings is 1. The maximum absolute atomic E-state index is 9.42. The number of aromatic nitrogens is 1. The molecule has 0 aliphatic carbocycles. The quantitative estimate of drug-likeness (QED) is 0.347. The van der Waals surface area contributed by atoms with Crippen LogP contribution in [0, 0.1) is 18.3 Å². The van der Waals surface area contributed by atoms with Gasteiger partial charge in [0.15, 0.2) is 5.96 Å². The van der Waals surface area contributed by atoms with E-state index in [9.17, 15) is 5.26 Å². The zero-order valence-corrected chi connectivity index (χ0v) is 20.1. The summed E-state index contributed by atoms with van der Waals surface area (Å²) in [7, 11) is 0. The van der Waals surface area contributed by atoms with Gasteiger partial charge in [-0.15, -0.1) is 24.0 Å². The van der Waals surface area contributed by atoms with E-state index >= 15 is 0 Å². The van der Waals surface area contributed by atoms with Gasteiger partial charge in [0, 0.05) is 44.6 Å². The summed E-state index contributed by atoms with van der Waals surface area (Å²) in [6.07, 6.45) is 6.83. The molecular weight excluding hydrogens is 487 g/mol. The molecule has 0 radical (unpaired) electrons. The highest BCUT2D eigenvalue weighted by Gasteiger charge is 2.22. The summed E-state index contributed by atoms with van der Waals surface area (Å²) in [6, 6.07) is 12.5. The van der Waals surface area contributed by atoms with Crippen molar-refractivity contribution in [2.75, 3.05) is 31.1 Å². The van der Waals surface area contributed by atoms with E-state index < -0.39 is 0 Å². The van der Waals surface area contributed by atoms with Crippen LogP contribution in [0.1, 0.15) is 36.5 Å². The summed E-state index contributed by atoms with van der Waals surface area (Å²) in [4.78, 5) is 11.2. The smallest absolute Gasteiger partial charge is 0.191 e. The van der Waals surface area contributed by atoms with Crippen molar-refractivity contribution < 1.29 is 0 Å². The summed E-state index contributed by atoms with van der Waals surface area (Å²) in [5.74, 6) is 0.861. The monoisotopic (exact) mass is 518 g/mol. The largest absolute Gasteiger partial charge is 0.368 e. The Morgan fingerprint density at radius 2 is 2.17 bits per heavy atom. The van der Waals surface area contributed by atoms with Crippen LogP contribution in [0.25, 0.3) is 0 Å². The van der Waals surface area contributed by atoms with Gasteiger partial charge in [-0.3, -0.25) is 9.98 Å². The van der Waals surface area contributed by atoms with Gasteiger partial charge in [-0.1, -0.05) is 12.1 Å². The van der Waals surface area contributed by atoms with Crippen LogP contribution >= 0.6 is 24.0 Å². The standard InChI is InChI=1S/C23H30N6.HI/c1-3-26-23(27-13-11-19-10-12-25-16-18(19)2)28-21-8-6-14-29(17-21)22-9-5-4-7-20(22)15-24;/h4-5,7,9-10,12,16,21H,3,6,8,11,13-14,17H2,1-2H3,(H2,26,27,28);1H. The number of aryl methyl sites for hydroxylation is 1. The molecule has 1 aromatic heterocycles. The highest BCUT2D eigenvalue weighted by Crippen LogP contribution is 2.23. The third-order valence-electron chi connectivity index (χ3n) is 5.26. The maximum atomic E-state index is 9.42. The van der Waals surface area contributed by atoms with Gasteiger partial charge in [-0.2, -0.15) is 5.26 Å². The van der Waals surface area contributed by atoms with Gasteiger partial charge in [-0.25, -0.2) is 0 Å². The number of guanidine groups is 1. The molecule has 7 heteroatoms. The molecule has 160 valence electrons. The summed E-state index contributed by atoms with van der Waals surface area (Å²) in [6.45, 7) is 7.58. The lowest BCUT2D eigenvalue weighted by molar-refractivity contribution is 0.468. The lowest BCUT2D eigenvalue weighted by Crippen LogP contribution is -2.51. The summed E-state index contributed by atoms with van der Waals surface area (Å²) in [5.41, 5.74) is 4.26. The van der Waals surface area contributed by atoms with Crippen LogP contribution in [0.3, 0.4) is 0 Å². The van der Waals surface area contributed by atoms with Gasteiger partial charge in [0.05, 0.1) is 11.3 Å². The van der Waals surface area contributed by atoms with Gasteiger partial charge in [0.2, 0.25) is 0 Å². The fourth-order valence-electron chi connectivity index (χ4n) is 3.74. The Hall–Kier alpha value is -2.34. The number of hydrogen-bond acceptors (Lipinski definition) is 4. The predicted molar refractivity (Wildman–Crippen MR) is 134 cm³/mol. The second-order valence-corrected chi connectivity index (χ2v) is 7.37. The molecule has 0 spiro atoms. The van der Waals surface area contributed by atoms with Crippen molar-refractivity contribution in [2.45, 2.75) is 39.2 Å². The van der Waals surface area contributed by atoms with Crippen LogP contribution < -0.4 is 15.5 Å². The molecule has 2 aromatic rings. The molecule has 0 saturated carbocycles. The number of benzene rings is 1. The summed E-state index contributed by atoms with van der Waals surface area (Å²) in [5, 5.41) is 16.4. The Morgan fingerprint density at radius 3 is 2.93 bits per heavy atom. The molecule has 1 unspecified atom stereocenters. The van der Waals surface area contributed by atoms with Crippen molar-refractivity contribution in [1.29, 1.82) is 5.26 Å². The molecule has 1 aliphatic rings. The van der Waals surface area contributed by atoms with Crippen LogP contribution in [0.15, 0.2) is 47.7 Å². The number of para-hydroxylation sites is 1. The van der Waals surface area contributed by atoms with E-state index in [1.807, 2.05) is 36.7 Å². The van der Waals surface area contributed by atoms with Crippen molar-refractivity contribution in [3.63, 3.8) is 0 Å². The van der Waals surface area contributed by atoms with E-state index in [1.165, 1.54) is 11.1 Å². The first-order valence-corrected chi connectivity index (χ1v) is 10.4. The minimum absolute atomic E-state index is 0. The van der Waals surface area contributed by atoms with E-state index in [1.54, 1.807) is 0 Å². The second-order valence-electron chi connectivity index (χ2n) is 7.37. The van der Waals surface area contributed by atoms with Gasteiger partial charge in [-0.05, 0) is 62.4 Å². The van der Waals surface area contributed by atoms with Crippen molar-refractivity contribution >= 4 is 35.6 Å². The van der Waals surface area contributed by atoms with Crippen molar-refractivity contribution in [1.82, 2.24) is 15.6 Å². The van der Waals surface area contributed by atoms with E-state index in [0.717, 1.165) is 62.7 Å². The van der Waals surface area contributed by atoms with Crippen LogP contribution in [-0.2, 0) is 6.42 Å². The predicted octanol–water partition coefficient (Wildman–Crippen LogP) is 3.65. The molecule has 3 rings (SSSR count). The number of halogens is 1. The Balaban J connectivity index is 0.00000320. The number of nitrogens with one attached hydrogen (secondary N) is 2. The molecular formula is C23H31IN6. The zero-order chi connectivity index (χ0) is 20.5. The third kappa shape index (κ3) is 6.59. The highest BCUT2D eigenvalue weighted by molar-refractivity contribution is 14.0. The Morgan fingerprint density at radius 1 is 1.33 bits per heavy atom. The lowest BCUT2D eigenvalue weighted by Gasteiger charge is -2.35. The maximum Gasteiger partial charge on any atom is 0.191 e. The number of hydrogen-bond donors (Lipinski definition) is 2. The molecule has 2 heterocycles. The first-order chi connectivity index (χ1) is 14.2. The van der Waals surface area contributed by atoms with Crippen LogP contribution in [0.4, 0.5) is 5.69 Å². The Kier molecular flexibility index (Phi) is 9.87. The van der Waals surface area contributed by atoms with E-state index in [2.05, 4.69) is 46.5 Å². The van der Waals surface area contributed by atoms with Crippen LogP contribution in [0.5, 0.6) is 0 Å². The minimum Gasteiger partial charge on any atom is -0.368 e. The molecule has 0 amide bonds. The fraction of sp³-hybridized carbons (Fsp3) is 0.435. The Bertz CT molecular complexity index is 876. The lowest BCUT2D eigenvalue weighted by atomic mass is 10.0. The average Bonchev–Trinajstić information content (AvgIpc) is 2.75. The molecule has 1 aliphatic heterocycles. The van der Waals surface area contributed by atoms with Gasteiger partial charge in [0.1, 0.15) is 6.07 Å². The molecule has 1 fully saturated rings. The molecule has 0 bridgehead atoms. The van der Waals surface area contributed by atoms with Crippen LogP contribution in [-0.4, -0.2) is 43.2 Å². The number of aliphatic imine (C=N–C) groups is 1. The third-order valence-corrected chi connectivity index (χ3v) is 5.26. The topological polar surface area (TPSA) is 76.3 Å². The van der Waals surface area contributed by atoms with E-state index in [0.29, 0.717) is 6.04 Å². The van der Waals surface area contributed by atoms with E-state index in [4.69, 9.17) is 4.99 Å². The number of nitrogens with zero attached hydrogens (tertiary/aromatic N) is 4. The SMILES string of the molecule is CCNC(=NCCc1ccncc1C)NC1CCCN(c2ccccc2C#N)C1.I. The summed E-state index contributed by atoms with van der Waals surface area (Å²) >= 11 is 0. The fourth-order valence-corrected chi connectivity index (χ4v) is 3.74. The first-order valence-electron chi connectivity index (χ1n) is 10.4. The highest BCUT2D eigenvalue weighted by atomic mass is 127. The number of anilines is 1. The number of pyridine rings is 1. The number of rotatable bonds is 6. The second kappa shape index (κ2) is 12.4. The Labute approximate surface area is 196 Å². The zero-order valence-electron chi connectivity index (χ0n) is 17.8. The normalized spacial score (nSPS) is 16.4. The van der Waals surface area contributed by atoms with Gasteiger partial charge in [0.25, 0.3) is 0 Å². The van der Waals surface area contributed by atoms with Crippen molar-refractivity contribution in [3.05, 3.63) is 59.4 Å². The van der Waals surface area contributed by atoms with Crippen LogP contribution in [0.2, 0.25) is 0 Å². The molecule has 1 atom stereocenters. The number of nitriles is 1. The van der Waals surface area contributed by atoms with Crippen molar-refractivity contribution in [2.24, 2.45) is 4.99 Å². The van der Waals surface area contributed by atoms with Crippen molar-refractivity contribution in [3.8, 4) is 6.07 Å². The molecule has 30 heavy (non-hydrogen) atoms. The molecule has 2 N–H and O–H groups in total. The average molecular weight is 518 g/mol. The first kappa shape index (κ1) is 23.9. The molecule has 6 nitrogen and oxygen atoms in total. The minimum atomic E-state index is 0. The van der Waals surface area contributed by atoms with Gasteiger partial charge >= 0.3 is 0 Å². The van der Waals surface area contributed by atoms with Gasteiger partial charge < -0.3 is 15.5 Å². The summed E-state index contributed by atoms with van der Waals surface area (Å²) < 4.78 is 0. The molecule has 1 saturated heterocycles. The molecule has 1 aromatic carbocycles.